The summed E-state index contributed by atoms with van der Waals surface area (Å²) in [7, 11) is 1.28. The van der Waals surface area contributed by atoms with Gasteiger partial charge in [0.05, 0.1) is 46.2 Å². The Hall–Kier alpha value is -1.74. The van der Waals surface area contributed by atoms with Crippen molar-refractivity contribution in [3.63, 3.8) is 0 Å². The molecule has 0 aliphatic carbocycles. The molecule has 4 atom stereocenters. The third kappa shape index (κ3) is 35.4. The van der Waals surface area contributed by atoms with E-state index in [-0.39, 0.29) is 26.2 Å². The number of rotatable bonds is 40. The van der Waals surface area contributed by atoms with Crippen LogP contribution in [0, 0.1) is 0 Å². The molecule has 0 saturated carbocycles. The van der Waals surface area contributed by atoms with Crippen molar-refractivity contribution in [2.24, 2.45) is 0 Å². The first-order chi connectivity index (χ1) is 27.1. The Morgan fingerprint density at radius 3 is 1.86 bits per heavy atom. The van der Waals surface area contributed by atoms with Gasteiger partial charge in [-0.15, -0.1) is 0 Å². The Morgan fingerprint density at radius 2 is 1.23 bits per heavy atom. The second-order valence-electron chi connectivity index (χ2n) is 16.5. The van der Waals surface area contributed by atoms with Crippen LogP contribution >= 0.6 is 7.82 Å². The quantitative estimate of drug-likeness (QED) is 0.0115. The molecule has 0 bridgehead atoms. The van der Waals surface area contributed by atoms with Gasteiger partial charge in [0.2, 0.25) is 0 Å². The van der Waals surface area contributed by atoms with Gasteiger partial charge in [-0.1, -0.05) is 153 Å². The normalized spacial score (nSPS) is 17.8. The number of esters is 1. The fraction of sp³-hybridized carbons (Fsp3) is 0.804. The minimum absolute atomic E-state index is 0.00343. The Bertz CT molecular complexity index is 1100. The van der Waals surface area contributed by atoms with Gasteiger partial charge in [-0.05, 0) is 57.4 Å². The number of phosphoric acid groups is 1. The van der Waals surface area contributed by atoms with Gasteiger partial charge in [-0.3, -0.25) is 9.36 Å². The predicted molar refractivity (Wildman–Crippen MR) is 230 cm³/mol. The average molecular weight is 810 g/mol. The first-order valence-corrected chi connectivity index (χ1v) is 24.0. The number of carbonyl (C=O) groups is 1. The highest BCUT2D eigenvalue weighted by Gasteiger charge is 2.36. The van der Waals surface area contributed by atoms with E-state index >= 15 is 0 Å². The summed E-state index contributed by atoms with van der Waals surface area (Å²) in [5, 5.41) is 0. The monoisotopic (exact) mass is 810 g/mol. The van der Waals surface area contributed by atoms with Gasteiger partial charge in [0.1, 0.15) is 19.8 Å². The summed E-state index contributed by atoms with van der Waals surface area (Å²) in [4.78, 5) is 25.0. The van der Waals surface area contributed by atoms with Crippen LogP contribution < -0.4 is 4.89 Å². The Labute approximate surface area is 343 Å². The number of nitrogens with zero attached hydrogens (tertiary/aromatic N) is 1. The molecule has 1 heterocycles. The summed E-state index contributed by atoms with van der Waals surface area (Å²) in [6, 6.07) is 0. The summed E-state index contributed by atoms with van der Waals surface area (Å²) in [5.74, 6) is -0.413. The fourth-order valence-corrected chi connectivity index (χ4v) is 6.97. The lowest BCUT2D eigenvalue weighted by atomic mass is 10.0. The smallest absolute Gasteiger partial charge is 0.306 e. The van der Waals surface area contributed by atoms with E-state index in [9.17, 15) is 14.3 Å². The van der Waals surface area contributed by atoms with Gasteiger partial charge >= 0.3 is 5.97 Å². The lowest BCUT2D eigenvalue weighted by Gasteiger charge is -2.28. The van der Waals surface area contributed by atoms with Crippen molar-refractivity contribution in [2.45, 2.75) is 193 Å². The van der Waals surface area contributed by atoms with Crippen LogP contribution in [0.25, 0.3) is 0 Å². The summed E-state index contributed by atoms with van der Waals surface area (Å²) in [5.41, 5.74) is 0. The molecule has 1 saturated heterocycles. The van der Waals surface area contributed by atoms with Crippen LogP contribution in [0.3, 0.4) is 0 Å². The topological polar surface area (TPSA) is 107 Å². The number of ether oxygens (including phenoxy) is 3. The van der Waals surface area contributed by atoms with Crippen LogP contribution in [0.2, 0.25) is 0 Å². The molecule has 1 aliphatic rings. The molecule has 0 aromatic heterocycles. The summed E-state index contributed by atoms with van der Waals surface area (Å²) < 4.78 is 40.0. The van der Waals surface area contributed by atoms with E-state index in [4.69, 9.17) is 23.3 Å². The minimum atomic E-state index is -4.56. The molecule has 0 aromatic rings. The molecule has 1 fully saturated rings. The Morgan fingerprint density at radius 1 is 0.679 bits per heavy atom. The molecule has 0 spiro atoms. The van der Waals surface area contributed by atoms with E-state index in [1.807, 2.05) is 27.2 Å². The van der Waals surface area contributed by atoms with Gasteiger partial charge in [0.15, 0.2) is 6.10 Å². The number of epoxide rings is 1. The molecule has 3 unspecified atom stereocenters. The summed E-state index contributed by atoms with van der Waals surface area (Å²) in [6.45, 7) is 4.64. The molecule has 0 radical (unpaired) electrons. The maximum absolute atomic E-state index is 12.7. The van der Waals surface area contributed by atoms with Crippen molar-refractivity contribution < 1.29 is 42.0 Å². The number of hydrogen-bond acceptors (Lipinski definition) is 8. The molecule has 56 heavy (non-hydrogen) atoms. The Kier molecular flexibility index (Phi) is 32.9. The maximum atomic E-state index is 12.7. The van der Waals surface area contributed by atoms with Crippen molar-refractivity contribution in [1.82, 2.24) is 0 Å². The molecule has 0 N–H and O–H groups in total. The van der Waals surface area contributed by atoms with Gasteiger partial charge in [-0.2, -0.15) is 0 Å². The largest absolute Gasteiger partial charge is 0.756 e. The highest BCUT2D eigenvalue weighted by atomic mass is 31.2. The van der Waals surface area contributed by atoms with E-state index in [1.54, 1.807) is 6.26 Å². The fourth-order valence-electron chi connectivity index (χ4n) is 6.25. The molecule has 326 valence electrons. The zero-order valence-corrected chi connectivity index (χ0v) is 37.4. The number of carbonyl (C=O) groups excluding carboxylic acids is 1. The standard InChI is InChI=1S/C46H84NO8P/c1-6-8-10-11-12-13-14-15-16-17-18-21-24-27-30-34-39-51-41-43(42-53-56(49,50)52-40-38-47(3,4)5)54-46(48)37-33-29-26-23-20-19-22-25-28-32-36-45-44(55-45)35-31-9-7-2/h19,22-23,26,28,32,34,39,43-45H,6-18,20-21,24-25,27,29-31,33,35-38,40-42H2,1-5H3/b22-19-,26-23-,32-28-,39-34+/t43-,44?,45?/m1/s1. The highest BCUT2D eigenvalue weighted by molar-refractivity contribution is 7.45. The van der Waals surface area contributed by atoms with Crippen LogP contribution in [0.1, 0.15) is 174 Å². The van der Waals surface area contributed by atoms with Gasteiger partial charge < -0.3 is 32.6 Å². The first-order valence-electron chi connectivity index (χ1n) is 22.5. The van der Waals surface area contributed by atoms with Gasteiger partial charge in [0.25, 0.3) is 7.82 Å². The van der Waals surface area contributed by atoms with E-state index in [1.165, 1.54) is 109 Å². The maximum Gasteiger partial charge on any atom is 0.306 e. The average Bonchev–Trinajstić information content (AvgIpc) is 3.90. The third-order valence-electron chi connectivity index (χ3n) is 9.87. The van der Waals surface area contributed by atoms with Crippen LogP contribution in [0.15, 0.2) is 48.8 Å². The number of likely N-dealkylation sites (N-methyl/N-ethyl adjacent to an activating group) is 1. The van der Waals surface area contributed by atoms with Crippen LogP contribution in [0.4, 0.5) is 0 Å². The lowest BCUT2D eigenvalue weighted by molar-refractivity contribution is -0.870. The second kappa shape index (κ2) is 35.2. The highest BCUT2D eigenvalue weighted by Crippen LogP contribution is 2.38. The SMILES string of the molecule is CCCCCCCCCCCCCCCC/C=C/OC[C@H](COP(=O)([O-])OCC[N+](C)(C)C)OC(=O)CCC/C=C\C/C=C\C/C=C\CC1OC1CCCCC. The second-order valence-corrected chi connectivity index (χ2v) is 17.9. The molecular weight excluding hydrogens is 725 g/mol. The van der Waals surface area contributed by atoms with E-state index in [0.717, 1.165) is 38.5 Å². The third-order valence-corrected chi connectivity index (χ3v) is 10.8. The zero-order chi connectivity index (χ0) is 41.0. The molecule has 10 heteroatoms. The number of quaternary nitrogens is 1. The van der Waals surface area contributed by atoms with Crippen LogP contribution in [-0.4, -0.2) is 76.3 Å². The van der Waals surface area contributed by atoms with Gasteiger partial charge in [0, 0.05) is 6.42 Å². The Balaban J connectivity index is 2.28. The molecule has 1 aliphatic heterocycles. The van der Waals surface area contributed by atoms with Crippen molar-refractivity contribution in [3.8, 4) is 0 Å². The van der Waals surface area contributed by atoms with E-state index < -0.39 is 19.9 Å². The molecular formula is C46H84NO8P. The summed E-state index contributed by atoms with van der Waals surface area (Å²) >= 11 is 0. The molecule has 1 rings (SSSR count). The van der Waals surface area contributed by atoms with Crippen LogP contribution in [0.5, 0.6) is 0 Å². The zero-order valence-electron chi connectivity index (χ0n) is 36.5. The van der Waals surface area contributed by atoms with E-state index in [2.05, 4.69) is 50.3 Å². The number of allylic oxidation sites excluding steroid dienone is 6. The first kappa shape index (κ1) is 52.3. The van der Waals surface area contributed by atoms with E-state index in [0.29, 0.717) is 29.7 Å². The molecule has 0 amide bonds. The van der Waals surface area contributed by atoms with Crippen molar-refractivity contribution in [1.29, 1.82) is 0 Å². The number of phosphoric ester groups is 1. The number of unbranched alkanes of at least 4 members (excludes halogenated alkanes) is 17. The molecule has 9 nitrogen and oxygen atoms in total. The van der Waals surface area contributed by atoms with Crippen molar-refractivity contribution in [3.05, 3.63) is 48.8 Å². The minimum Gasteiger partial charge on any atom is -0.756 e. The van der Waals surface area contributed by atoms with Crippen LogP contribution in [-0.2, 0) is 32.6 Å². The molecule has 0 aromatic carbocycles. The number of hydrogen-bond donors (Lipinski definition) is 0. The van der Waals surface area contributed by atoms with Crippen molar-refractivity contribution in [2.75, 3.05) is 47.5 Å². The van der Waals surface area contributed by atoms with Gasteiger partial charge in [-0.25, -0.2) is 0 Å². The van der Waals surface area contributed by atoms with Crippen molar-refractivity contribution >= 4 is 13.8 Å². The lowest BCUT2D eigenvalue weighted by Crippen LogP contribution is -2.37. The summed E-state index contributed by atoms with van der Waals surface area (Å²) in [6.07, 6.45) is 45.4. The predicted octanol–water partition coefficient (Wildman–Crippen LogP) is 11.9.